The van der Waals surface area contributed by atoms with Crippen molar-refractivity contribution >= 4 is 30.4 Å². The summed E-state index contributed by atoms with van der Waals surface area (Å²) in [5, 5.41) is 4.19. The molecule has 0 radical (unpaired) electrons. The topological polar surface area (TPSA) is 147 Å². The molecule has 1 N–H and O–H groups in total. The van der Waals surface area contributed by atoms with Gasteiger partial charge in [0, 0.05) is 18.1 Å². The van der Waals surface area contributed by atoms with E-state index in [2.05, 4.69) is 10.3 Å². The number of carbonyl (C=O) groups is 1. The van der Waals surface area contributed by atoms with Gasteiger partial charge in [-0.15, -0.1) is 0 Å². The maximum absolute atomic E-state index is 12.3. The molecule has 0 bridgehead atoms. The predicted octanol–water partition coefficient (Wildman–Crippen LogP) is 1.21. The van der Waals surface area contributed by atoms with Crippen LogP contribution in [0, 0.1) is 0 Å². The van der Waals surface area contributed by atoms with Gasteiger partial charge in [0.2, 0.25) is 0 Å². The predicted molar refractivity (Wildman–Crippen MR) is 106 cm³/mol. The number of fused-ring (bicyclic) bond motifs is 1. The van der Waals surface area contributed by atoms with Crippen LogP contribution in [0.5, 0.6) is 5.75 Å². The van der Waals surface area contributed by atoms with Crippen molar-refractivity contribution in [2.24, 2.45) is 0 Å². The van der Waals surface area contributed by atoms with Gasteiger partial charge in [-0.25, -0.2) is 4.79 Å². The van der Waals surface area contributed by atoms with E-state index in [4.69, 9.17) is 28.7 Å². The quantitative estimate of drug-likeness (QED) is 0.449. The number of carbonyl (C=O) groups excluding carboxylic acids is 1. The van der Waals surface area contributed by atoms with Gasteiger partial charge in [0.05, 0.1) is 19.4 Å². The number of methoxy groups -OCH3 is 1. The molecule has 0 spiro atoms. The van der Waals surface area contributed by atoms with E-state index in [0.29, 0.717) is 35.7 Å². The Labute approximate surface area is 173 Å². The second-order valence-electron chi connectivity index (χ2n) is 5.91. The molecule has 10 heteroatoms. The molecule has 0 saturated carbocycles. The van der Waals surface area contributed by atoms with Crippen molar-refractivity contribution in [2.75, 3.05) is 19.0 Å². The number of pyridine rings is 1. The molecule has 1 aromatic heterocycles. The standard InChI is InChI=1S/C20H20N2O3.H3O4P/c1-3-25-20(23)16-13-22-19-15(10-7-11-17(19)24-2)18(16)21-12-14-8-5-4-6-9-14;1-5(2,3)4/h4-11,13H,3,12H2,1-2H3,(H,21,22);(H3,1,2,3,4)/p-3. The smallest absolute Gasteiger partial charge is 0.341 e. The Kier molecular flexibility index (Phi) is 8.32. The second-order valence-corrected chi connectivity index (χ2v) is 6.80. The first kappa shape index (κ1) is 23.3. The summed E-state index contributed by atoms with van der Waals surface area (Å²) < 4.78 is 19.1. The summed E-state index contributed by atoms with van der Waals surface area (Å²) in [4.78, 5) is 42.4. The fraction of sp³-hybridized carbons (Fsp3) is 0.200. The highest BCUT2D eigenvalue weighted by Crippen LogP contribution is 2.32. The Hall–Kier alpha value is -2.97. The summed E-state index contributed by atoms with van der Waals surface area (Å²) in [6, 6.07) is 15.6. The van der Waals surface area contributed by atoms with E-state index in [9.17, 15) is 4.79 Å². The summed E-state index contributed by atoms with van der Waals surface area (Å²) in [7, 11) is -3.78. The maximum Gasteiger partial charge on any atom is 0.341 e. The van der Waals surface area contributed by atoms with E-state index in [0.717, 1.165) is 10.9 Å². The molecule has 0 amide bonds. The maximum atomic E-state index is 12.3. The Bertz CT molecular complexity index is 1030. The lowest BCUT2D eigenvalue weighted by Crippen LogP contribution is -2.24. The van der Waals surface area contributed by atoms with Crippen LogP contribution >= 0.6 is 7.82 Å². The van der Waals surface area contributed by atoms with Crippen molar-refractivity contribution in [3.05, 3.63) is 65.9 Å². The number of esters is 1. The average molecular weight is 431 g/mol. The Balaban J connectivity index is 0.000000575. The summed E-state index contributed by atoms with van der Waals surface area (Å²) >= 11 is 0. The summed E-state index contributed by atoms with van der Waals surface area (Å²) in [6.07, 6.45) is 1.54. The number of aromatic nitrogens is 1. The van der Waals surface area contributed by atoms with E-state index >= 15 is 0 Å². The Morgan fingerprint density at radius 2 is 1.77 bits per heavy atom. The fourth-order valence-electron chi connectivity index (χ4n) is 2.70. The first-order valence-electron chi connectivity index (χ1n) is 8.88. The molecule has 0 fully saturated rings. The van der Waals surface area contributed by atoms with Crippen molar-refractivity contribution in [1.29, 1.82) is 0 Å². The van der Waals surface area contributed by atoms with Crippen LogP contribution in [0.2, 0.25) is 0 Å². The van der Waals surface area contributed by atoms with E-state index in [1.54, 1.807) is 14.0 Å². The summed E-state index contributed by atoms with van der Waals surface area (Å²) in [5.41, 5.74) is 2.93. The number of hydrogen-bond donors (Lipinski definition) is 1. The number of rotatable bonds is 6. The van der Waals surface area contributed by atoms with Crippen molar-refractivity contribution in [2.45, 2.75) is 13.5 Å². The number of benzene rings is 2. The molecule has 0 atom stereocenters. The van der Waals surface area contributed by atoms with E-state index in [1.807, 2.05) is 48.5 Å². The average Bonchev–Trinajstić information content (AvgIpc) is 2.71. The lowest BCUT2D eigenvalue weighted by molar-refractivity contribution is -0.432. The number of phosphoric acid groups is 1. The van der Waals surface area contributed by atoms with Crippen LogP contribution in [-0.2, 0) is 15.8 Å². The molecule has 30 heavy (non-hydrogen) atoms. The van der Waals surface area contributed by atoms with Crippen molar-refractivity contribution < 1.29 is 33.5 Å². The van der Waals surface area contributed by atoms with Gasteiger partial charge in [0.1, 0.15) is 16.8 Å². The molecule has 0 saturated heterocycles. The minimum atomic E-state index is -5.39. The minimum absolute atomic E-state index is 0.313. The van der Waals surface area contributed by atoms with Crippen molar-refractivity contribution in [1.82, 2.24) is 4.98 Å². The lowest BCUT2D eigenvalue weighted by Gasteiger charge is -2.36. The lowest BCUT2D eigenvalue weighted by atomic mass is 10.1. The van der Waals surface area contributed by atoms with Gasteiger partial charge >= 0.3 is 5.97 Å². The normalized spacial score (nSPS) is 10.7. The third-order valence-electron chi connectivity index (χ3n) is 3.89. The van der Waals surface area contributed by atoms with Crippen molar-refractivity contribution in [3.63, 3.8) is 0 Å². The van der Waals surface area contributed by atoms with Crippen LogP contribution < -0.4 is 24.7 Å². The van der Waals surface area contributed by atoms with Gasteiger partial charge in [-0.3, -0.25) is 4.98 Å². The van der Waals surface area contributed by atoms with Crippen LogP contribution in [0.1, 0.15) is 22.8 Å². The molecule has 3 rings (SSSR count). The van der Waals surface area contributed by atoms with Crippen molar-refractivity contribution in [3.8, 4) is 5.75 Å². The minimum Gasteiger partial charge on any atom is -0.822 e. The monoisotopic (exact) mass is 431 g/mol. The van der Waals surface area contributed by atoms with Gasteiger partial charge in [-0.2, -0.15) is 7.82 Å². The molecule has 0 aliphatic carbocycles. The number of anilines is 1. The van der Waals surface area contributed by atoms with Gasteiger partial charge in [0.15, 0.2) is 0 Å². The molecule has 0 aliphatic heterocycles. The van der Waals surface area contributed by atoms with Gasteiger partial charge < -0.3 is 34.0 Å². The van der Waals surface area contributed by atoms with Gasteiger partial charge in [0.25, 0.3) is 0 Å². The number of nitrogens with one attached hydrogen (secondary N) is 1. The molecule has 160 valence electrons. The van der Waals surface area contributed by atoms with Gasteiger partial charge in [-0.05, 0) is 18.6 Å². The highest BCUT2D eigenvalue weighted by Gasteiger charge is 2.18. The molecule has 0 aliphatic rings. The highest BCUT2D eigenvalue weighted by molar-refractivity contribution is 7.40. The van der Waals surface area contributed by atoms with Crippen LogP contribution in [0.3, 0.4) is 0 Å². The van der Waals surface area contributed by atoms with E-state index < -0.39 is 13.8 Å². The SMILES string of the molecule is CCOC(=O)c1cnc2c(OC)cccc2c1NCc1ccccc1.O=P([O-])([O-])[O-]. The summed E-state index contributed by atoms with van der Waals surface area (Å²) in [5.74, 6) is 0.269. The Morgan fingerprint density at radius 1 is 1.10 bits per heavy atom. The molecular formula is C20H20N2O7P-3. The number of nitrogens with zero attached hydrogens (tertiary/aromatic N) is 1. The van der Waals surface area contributed by atoms with Gasteiger partial charge in [-0.1, -0.05) is 42.5 Å². The first-order valence-corrected chi connectivity index (χ1v) is 10.3. The number of para-hydroxylation sites is 1. The molecule has 9 nitrogen and oxygen atoms in total. The number of ether oxygens (including phenoxy) is 2. The zero-order valence-electron chi connectivity index (χ0n) is 16.4. The largest absolute Gasteiger partial charge is 0.822 e. The third-order valence-corrected chi connectivity index (χ3v) is 3.89. The highest BCUT2D eigenvalue weighted by atomic mass is 31.2. The zero-order valence-corrected chi connectivity index (χ0v) is 17.3. The molecular weight excluding hydrogens is 411 g/mol. The number of hydrogen-bond acceptors (Lipinski definition) is 9. The molecule has 3 aromatic rings. The van der Waals surface area contributed by atoms with E-state index in [1.165, 1.54) is 6.20 Å². The van der Waals surface area contributed by atoms with Crippen LogP contribution in [0.4, 0.5) is 5.69 Å². The van der Waals surface area contributed by atoms with Crippen LogP contribution in [0.25, 0.3) is 10.9 Å². The van der Waals surface area contributed by atoms with E-state index in [-0.39, 0.29) is 0 Å². The van der Waals surface area contributed by atoms with Crippen LogP contribution in [-0.4, -0.2) is 24.7 Å². The first-order chi connectivity index (χ1) is 14.2. The van der Waals surface area contributed by atoms with Crippen LogP contribution in [0.15, 0.2) is 54.7 Å². The second kappa shape index (κ2) is 10.7. The molecule has 0 unspecified atom stereocenters. The zero-order chi connectivity index (χ0) is 22.1. The fourth-order valence-corrected chi connectivity index (χ4v) is 2.70. The summed E-state index contributed by atoms with van der Waals surface area (Å²) in [6.45, 7) is 2.68. The molecule has 2 aromatic carbocycles. The third kappa shape index (κ3) is 6.82. The Morgan fingerprint density at radius 3 is 2.37 bits per heavy atom. The molecule has 1 heterocycles.